The summed E-state index contributed by atoms with van der Waals surface area (Å²) in [5.41, 5.74) is 2.00. The number of nitrogens with one attached hydrogen (secondary N) is 1. The summed E-state index contributed by atoms with van der Waals surface area (Å²) in [6.45, 7) is 2.30. The maximum atomic E-state index is 12.2. The van der Waals surface area contributed by atoms with Crippen LogP contribution >= 0.6 is 0 Å². The zero-order valence-corrected chi connectivity index (χ0v) is 15.7. The Hall–Kier alpha value is -1.74. The number of hydrogen-bond donors (Lipinski definition) is 2. The summed E-state index contributed by atoms with van der Waals surface area (Å²) < 4.78 is 50.8. The fraction of sp³-hybridized carbons (Fsp3) is 0.294. The molecule has 0 atom stereocenters. The molecule has 0 aliphatic heterocycles. The van der Waals surface area contributed by atoms with Crippen molar-refractivity contribution < 1.29 is 16.8 Å². The van der Waals surface area contributed by atoms with E-state index in [0.717, 1.165) is 11.1 Å². The van der Waals surface area contributed by atoms with Gasteiger partial charge in [-0.3, -0.25) is 0 Å². The Bertz CT molecular complexity index is 840. The summed E-state index contributed by atoms with van der Waals surface area (Å²) in [6.07, 6.45) is 0.578. The van der Waals surface area contributed by atoms with Crippen molar-refractivity contribution >= 4 is 20.9 Å². The van der Waals surface area contributed by atoms with Crippen LogP contribution in [-0.2, 0) is 27.3 Å². The molecule has 6 nitrogen and oxygen atoms in total. The van der Waals surface area contributed by atoms with Crippen molar-refractivity contribution in [2.45, 2.75) is 18.2 Å². The second kappa shape index (κ2) is 9.10. The van der Waals surface area contributed by atoms with Gasteiger partial charge in [-0.15, -0.1) is 0 Å². The van der Waals surface area contributed by atoms with Gasteiger partial charge in [0.1, 0.15) is 0 Å². The number of benzene rings is 2. The number of sulfonamides is 1. The molecule has 2 aromatic rings. The fourth-order valence-corrected chi connectivity index (χ4v) is 3.84. The molecule has 1 N–H and O–H groups in total. The molecule has 0 saturated carbocycles. The SMILES string of the molecule is Cc1ccc(S(=O)(=O)NCCN(CCc2ccccc2)[SH](=O)=O)cc1. The third-order valence-corrected chi connectivity index (χ3v) is 6.06. The van der Waals surface area contributed by atoms with E-state index in [1.807, 2.05) is 37.3 Å². The Balaban J connectivity index is 1.89. The molecule has 0 fully saturated rings. The molecule has 0 heterocycles. The van der Waals surface area contributed by atoms with Crippen LogP contribution in [0.1, 0.15) is 11.1 Å². The lowest BCUT2D eigenvalue weighted by atomic mass is 10.1. The number of nitrogens with zero attached hydrogens (tertiary/aromatic N) is 1. The molecular formula is C17H22N2O4S2. The Labute approximate surface area is 150 Å². The van der Waals surface area contributed by atoms with Crippen molar-refractivity contribution in [1.29, 1.82) is 0 Å². The van der Waals surface area contributed by atoms with Gasteiger partial charge in [-0.2, -0.15) is 0 Å². The van der Waals surface area contributed by atoms with Crippen LogP contribution < -0.4 is 4.72 Å². The average Bonchev–Trinajstić information content (AvgIpc) is 2.59. The summed E-state index contributed by atoms with van der Waals surface area (Å²) in [6, 6.07) is 16.0. The van der Waals surface area contributed by atoms with Gasteiger partial charge < -0.3 is 0 Å². The van der Waals surface area contributed by atoms with Crippen molar-refractivity contribution in [1.82, 2.24) is 9.03 Å². The van der Waals surface area contributed by atoms with Crippen LogP contribution in [0.2, 0.25) is 0 Å². The second-order valence-corrected chi connectivity index (χ2v) is 8.45. The highest BCUT2D eigenvalue weighted by Crippen LogP contribution is 2.09. The van der Waals surface area contributed by atoms with Gasteiger partial charge in [0.15, 0.2) is 0 Å². The maximum absolute atomic E-state index is 12.2. The first-order chi connectivity index (χ1) is 11.9. The molecule has 2 rings (SSSR count). The highest BCUT2D eigenvalue weighted by atomic mass is 32.2. The van der Waals surface area contributed by atoms with Gasteiger partial charge in [-0.1, -0.05) is 48.0 Å². The molecule has 0 saturated heterocycles. The van der Waals surface area contributed by atoms with E-state index in [-0.39, 0.29) is 18.0 Å². The second-order valence-electron chi connectivity index (χ2n) is 5.64. The lowest BCUT2D eigenvalue weighted by Crippen LogP contribution is -2.35. The van der Waals surface area contributed by atoms with E-state index in [9.17, 15) is 16.8 Å². The van der Waals surface area contributed by atoms with Gasteiger partial charge in [0.2, 0.25) is 20.9 Å². The molecule has 2 aromatic carbocycles. The molecule has 0 spiro atoms. The molecule has 0 amide bonds. The van der Waals surface area contributed by atoms with Crippen LogP contribution in [0.5, 0.6) is 0 Å². The number of hydrogen-bond acceptors (Lipinski definition) is 4. The van der Waals surface area contributed by atoms with Gasteiger partial charge in [-0.05, 0) is 31.0 Å². The Kier molecular flexibility index (Phi) is 7.12. The summed E-state index contributed by atoms with van der Waals surface area (Å²) in [5, 5.41) is 0. The fourth-order valence-electron chi connectivity index (χ4n) is 2.29. The van der Waals surface area contributed by atoms with E-state index in [4.69, 9.17) is 0 Å². The lowest BCUT2D eigenvalue weighted by Gasteiger charge is -2.15. The zero-order valence-electron chi connectivity index (χ0n) is 14.0. The first-order valence-corrected chi connectivity index (χ1v) is 10.5. The van der Waals surface area contributed by atoms with E-state index >= 15 is 0 Å². The first kappa shape index (κ1) is 19.6. The van der Waals surface area contributed by atoms with Gasteiger partial charge in [-0.25, -0.2) is 25.9 Å². The van der Waals surface area contributed by atoms with Crippen molar-refractivity contribution in [2.75, 3.05) is 19.6 Å². The first-order valence-electron chi connectivity index (χ1n) is 7.88. The maximum Gasteiger partial charge on any atom is 0.240 e. The van der Waals surface area contributed by atoms with E-state index in [0.29, 0.717) is 13.0 Å². The largest absolute Gasteiger partial charge is 0.240 e. The summed E-state index contributed by atoms with van der Waals surface area (Å²) in [7, 11) is -6.41. The van der Waals surface area contributed by atoms with Gasteiger partial charge in [0.25, 0.3) is 0 Å². The molecule has 0 aromatic heterocycles. The quantitative estimate of drug-likeness (QED) is 0.641. The average molecular weight is 383 g/mol. The number of aryl methyl sites for hydroxylation is 1. The highest BCUT2D eigenvalue weighted by molar-refractivity contribution is 7.89. The molecular weight excluding hydrogens is 360 g/mol. The molecule has 0 unspecified atom stereocenters. The molecule has 25 heavy (non-hydrogen) atoms. The minimum Gasteiger partial charge on any atom is -0.215 e. The van der Waals surface area contributed by atoms with Crippen LogP contribution in [0.15, 0.2) is 59.5 Å². The topological polar surface area (TPSA) is 83.6 Å². The van der Waals surface area contributed by atoms with Crippen molar-refractivity contribution in [2.24, 2.45) is 0 Å². The number of thiol groups is 1. The van der Waals surface area contributed by atoms with E-state index in [1.165, 1.54) is 16.4 Å². The lowest BCUT2D eigenvalue weighted by molar-refractivity contribution is 0.430. The minimum atomic E-state index is -3.64. The molecule has 0 bridgehead atoms. The highest BCUT2D eigenvalue weighted by Gasteiger charge is 2.14. The zero-order chi connectivity index (χ0) is 18.3. The van der Waals surface area contributed by atoms with Crippen molar-refractivity contribution in [3.63, 3.8) is 0 Å². The third-order valence-electron chi connectivity index (χ3n) is 3.73. The summed E-state index contributed by atoms with van der Waals surface area (Å²) in [5.74, 6) is 0. The van der Waals surface area contributed by atoms with Crippen molar-refractivity contribution in [3.05, 3.63) is 65.7 Å². The van der Waals surface area contributed by atoms with Gasteiger partial charge >= 0.3 is 0 Å². The Morgan fingerprint density at radius 2 is 1.60 bits per heavy atom. The molecule has 0 radical (unpaired) electrons. The molecule has 0 aliphatic rings. The predicted octanol–water partition coefficient (Wildman–Crippen LogP) is 1.34. The third kappa shape index (κ3) is 6.24. The van der Waals surface area contributed by atoms with Crippen LogP contribution in [0.4, 0.5) is 0 Å². The predicted molar refractivity (Wildman–Crippen MR) is 98.4 cm³/mol. The molecule has 136 valence electrons. The molecule has 8 heteroatoms. The van der Waals surface area contributed by atoms with Crippen LogP contribution in [0, 0.1) is 6.92 Å². The smallest absolute Gasteiger partial charge is 0.215 e. The Morgan fingerprint density at radius 3 is 2.20 bits per heavy atom. The van der Waals surface area contributed by atoms with E-state index < -0.39 is 20.9 Å². The van der Waals surface area contributed by atoms with Crippen LogP contribution in [-0.4, -0.2) is 40.8 Å². The summed E-state index contributed by atoms with van der Waals surface area (Å²) in [4.78, 5) is 0.167. The number of rotatable bonds is 9. The monoisotopic (exact) mass is 382 g/mol. The van der Waals surface area contributed by atoms with Crippen LogP contribution in [0.3, 0.4) is 0 Å². The van der Waals surface area contributed by atoms with E-state index in [1.54, 1.807) is 12.1 Å². The van der Waals surface area contributed by atoms with Gasteiger partial charge in [0.05, 0.1) is 4.90 Å². The van der Waals surface area contributed by atoms with Crippen LogP contribution in [0.25, 0.3) is 0 Å². The standard InChI is InChI=1S/C17H22N2O4S2/c1-15-7-9-17(10-8-15)25(22,23)18-12-14-19(24(20)21)13-11-16-5-3-2-4-6-16/h2-10,18,24H,11-14H2,1H3. The van der Waals surface area contributed by atoms with E-state index in [2.05, 4.69) is 4.72 Å². The molecule has 0 aliphatic carbocycles. The van der Waals surface area contributed by atoms with Gasteiger partial charge in [0, 0.05) is 19.6 Å². The normalized spacial score (nSPS) is 12.0. The minimum absolute atomic E-state index is 0.0221. The Morgan fingerprint density at radius 1 is 0.960 bits per heavy atom. The summed E-state index contributed by atoms with van der Waals surface area (Å²) >= 11 is 0. The van der Waals surface area contributed by atoms with Crippen molar-refractivity contribution in [3.8, 4) is 0 Å².